The summed E-state index contributed by atoms with van der Waals surface area (Å²) in [6, 6.07) is 4.28. The van der Waals surface area contributed by atoms with E-state index < -0.39 is 33.8 Å². The molecule has 5 nitrogen and oxygen atoms in total. The highest BCUT2D eigenvalue weighted by Crippen LogP contribution is 2.28. The minimum absolute atomic E-state index is 1.00. The molecular formula is C15H40O5Si4. The molecule has 0 heterocycles. The van der Waals surface area contributed by atoms with Crippen LogP contribution < -0.4 is 0 Å². The Balaban J connectivity index is 4.50. The monoisotopic (exact) mass is 412 g/mol. The van der Waals surface area contributed by atoms with Gasteiger partial charge in [0.25, 0.3) is 0 Å². The van der Waals surface area contributed by atoms with Gasteiger partial charge < -0.3 is 21.8 Å². The van der Waals surface area contributed by atoms with Crippen molar-refractivity contribution < 1.29 is 21.8 Å². The van der Waals surface area contributed by atoms with Gasteiger partial charge in [-0.25, -0.2) is 0 Å². The molecule has 0 aliphatic rings. The number of hydrogen-bond donors (Lipinski definition) is 0. The molecule has 0 atom stereocenters. The van der Waals surface area contributed by atoms with E-state index >= 15 is 0 Å². The quantitative estimate of drug-likeness (QED) is 0.416. The molecule has 0 aromatic carbocycles. The van der Waals surface area contributed by atoms with Gasteiger partial charge in [-0.2, -0.15) is 0 Å². The largest absolute Gasteiger partial charge is 0.456 e. The lowest BCUT2D eigenvalue weighted by Crippen LogP contribution is -2.46. The lowest BCUT2D eigenvalue weighted by Gasteiger charge is -2.36. The zero-order valence-corrected chi connectivity index (χ0v) is 21.6. The third kappa shape index (κ3) is 9.39. The summed E-state index contributed by atoms with van der Waals surface area (Å²) >= 11 is 0. The normalized spacial score (nSPS) is 14.2. The molecule has 0 bridgehead atoms. The number of hydrogen-bond acceptors (Lipinski definition) is 5. The van der Waals surface area contributed by atoms with Crippen molar-refractivity contribution >= 4 is 33.8 Å². The minimum atomic E-state index is -2.00. The summed E-state index contributed by atoms with van der Waals surface area (Å²) in [7, 11) is -0.295. The van der Waals surface area contributed by atoms with Gasteiger partial charge in [-0.1, -0.05) is 6.42 Å². The van der Waals surface area contributed by atoms with Crippen molar-refractivity contribution in [3.63, 3.8) is 0 Å². The summed E-state index contributed by atoms with van der Waals surface area (Å²) in [5, 5.41) is 0. The maximum atomic E-state index is 6.71. The van der Waals surface area contributed by atoms with Gasteiger partial charge >= 0.3 is 17.1 Å². The highest BCUT2D eigenvalue weighted by atomic mass is 28.4. The van der Waals surface area contributed by atoms with Gasteiger partial charge in [-0.15, -0.1) is 0 Å². The smallest absolute Gasteiger partial charge is 0.334 e. The van der Waals surface area contributed by atoms with Gasteiger partial charge in [-0.3, -0.25) is 0 Å². The van der Waals surface area contributed by atoms with Gasteiger partial charge in [0, 0.05) is 28.4 Å². The van der Waals surface area contributed by atoms with Crippen LogP contribution in [0.1, 0.15) is 6.42 Å². The van der Waals surface area contributed by atoms with Gasteiger partial charge in [0.2, 0.25) is 0 Å². The molecule has 0 spiro atoms. The van der Waals surface area contributed by atoms with Crippen molar-refractivity contribution in [1.82, 2.24) is 0 Å². The SMILES string of the molecule is CO[Si](C)(CCC[Si](C)(C)O[Si](C)(C)CC[Si](C)(OC)OC)OC. The van der Waals surface area contributed by atoms with Crippen LogP contribution in [0.4, 0.5) is 0 Å². The predicted molar refractivity (Wildman–Crippen MR) is 111 cm³/mol. The second-order valence-corrected chi connectivity index (χ2v) is 24.1. The molecule has 0 rings (SSSR count). The molecule has 0 aliphatic heterocycles. The van der Waals surface area contributed by atoms with E-state index in [4.69, 9.17) is 21.8 Å². The zero-order chi connectivity index (χ0) is 19.1. The Bertz CT molecular complexity index is 358. The molecule has 0 fully saturated rings. The van der Waals surface area contributed by atoms with Gasteiger partial charge in [-0.05, 0) is 63.5 Å². The van der Waals surface area contributed by atoms with Gasteiger partial charge in [0.15, 0.2) is 16.6 Å². The van der Waals surface area contributed by atoms with E-state index in [1.807, 2.05) is 0 Å². The highest BCUT2D eigenvalue weighted by Gasteiger charge is 2.38. The predicted octanol–water partition coefficient (Wildman–Crippen LogP) is 4.53. The van der Waals surface area contributed by atoms with Crippen molar-refractivity contribution in [2.75, 3.05) is 28.4 Å². The van der Waals surface area contributed by atoms with Crippen LogP contribution in [0, 0.1) is 0 Å². The average molecular weight is 413 g/mol. The molecule has 24 heavy (non-hydrogen) atoms. The fourth-order valence-electron chi connectivity index (χ4n) is 2.79. The van der Waals surface area contributed by atoms with Crippen LogP contribution in [0.25, 0.3) is 0 Å². The van der Waals surface area contributed by atoms with E-state index in [0.29, 0.717) is 0 Å². The zero-order valence-electron chi connectivity index (χ0n) is 17.6. The van der Waals surface area contributed by atoms with Crippen LogP contribution in [0.15, 0.2) is 0 Å². The fraction of sp³-hybridized carbons (Fsp3) is 1.00. The summed E-state index contributed by atoms with van der Waals surface area (Å²) in [5.41, 5.74) is 0. The molecule has 0 amide bonds. The summed E-state index contributed by atoms with van der Waals surface area (Å²) < 4.78 is 29.1. The third-order valence-electron chi connectivity index (χ3n) is 4.87. The third-order valence-corrected chi connectivity index (χ3v) is 18.7. The van der Waals surface area contributed by atoms with E-state index in [-0.39, 0.29) is 0 Å². The molecule has 0 N–H and O–H groups in total. The first-order chi connectivity index (χ1) is 10.9. The van der Waals surface area contributed by atoms with Crippen LogP contribution >= 0.6 is 0 Å². The summed E-state index contributed by atoms with van der Waals surface area (Å²) in [4.78, 5) is 0. The lowest BCUT2D eigenvalue weighted by molar-refractivity contribution is 0.249. The second-order valence-electron chi connectivity index (χ2n) is 8.06. The Morgan fingerprint density at radius 3 is 1.29 bits per heavy atom. The second kappa shape index (κ2) is 10.1. The van der Waals surface area contributed by atoms with Crippen molar-refractivity contribution in [1.29, 1.82) is 0 Å². The van der Waals surface area contributed by atoms with Crippen LogP contribution in [0.3, 0.4) is 0 Å². The molecule has 9 heteroatoms. The average Bonchev–Trinajstić information content (AvgIpc) is 2.51. The van der Waals surface area contributed by atoms with Crippen LogP contribution in [-0.4, -0.2) is 62.2 Å². The molecule has 0 saturated heterocycles. The Kier molecular flexibility index (Phi) is 10.4. The van der Waals surface area contributed by atoms with Crippen molar-refractivity contribution in [2.24, 2.45) is 0 Å². The molecule has 0 aromatic rings. The van der Waals surface area contributed by atoms with Crippen molar-refractivity contribution in [2.45, 2.75) is 69.9 Å². The Labute approximate surface area is 154 Å². The van der Waals surface area contributed by atoms with E-state index in [1.165, 1.54) is 0 Å². The van der Waals surface area contributed by atoms with E-state index in [2.05, 4.69) is 39.3 Å². The Morgan fingerprint density at radius 1 is 0.500 bits per heavy atom. The molecule has 0 unspecified atom stereocenters. The number of rotatable bonds is 13. The van der Waals surface area contributed by atoms with Crippen LogP contribution in [0.2, 0.25) is 63.5 Å². The summed E-state index contributed by atoms with van der Waals surface area (Å²) in [6.07, 6.45) is 1.12. The molecule has 0 saturated carbocycles. The van der Waals surface area contributed by atoms with E-state index in [1.54, 1.807) is 28.4 Å². The molecule has 0 aromatic heterocycles. The standard InChI is InChI=1S/C15H40O5Si4/c1-16-23(9,17-2)13-11-12-21(5,6)20-22(7,8)14-15-24(10,18-3)19-4/h11-15H2,1-10H3. The van der Waals surface area contributed by atoms with Gasteiger partial charge in [0.05, 0.1) is 0 Å². The molecular weight excluding hydrogens is 373 g/mol. The van der Waals surface area contributed by atoms with Crippen molar-refractivity contribution in [3.05, 3.63) is 0 Å². The van der Waals surface area contributed by atoms with E-state index in [0.717, 1.165) is 30.6 Å². The van der Waals surface area contributed by atoms with Crippen LogP contribution in [-0.2, 0) is 21.8 Å². The van der Waals surface area contributed by atoms with Crippen molar-refractivity contribution in [3.8, 4) is 0 Å². The fourth-order valence-corrected chi connectivity index (χ4v) is 17.2. The summed E-state index contributed by atoms with van der Waals surface area (Å²) in [6.45, 7) is 13.6. The lowest BCUT2D eigenvalue weighted by atomic mass is 10.6. The maximum absolute atomic E-state index is 6.71. The van der Waals surface area contributed by atoms with E-state index in [9.17, 15) is 0 Å². The van der Waals surface area contributed by atoms with Crippen LogP contribution in [0.5, 0.6) is 0 Å². The first-order valence-electron chi connectivity index (χ1n) is 8.77. The first-order valence-corrected chi connectivity index (χ1v) is 20.0. The Morgan fingerprint density at radius 2 is 0.875 bits per heavy atom. The molecule has 146 valence electrons. The highest BCUT2D eigenvalue weighted by molar-refractivity contribution is 6.85. The topological polar surface area (TPSA) is 46.2 Å². The molecule has 0 radical (unpaired) electrons. The molecule has 0 aliphatic carbocycles. The van der Waals surface area contributed by atoms with Gasteiger partial charge in [0.1, 0.15) is 0 Å². The first kappa shape index (κ1) is 24.7. The maximum Gasteiger partial charge on any atom is 0.334 e. The Hall–Kier alpha value is 0.668. The minimum Gasteiger partial charge on any atom is -0.456 e. The summed E-state index contributed by atoms with van der Waals surface area (Å²) in [5.74, 6) is 0.